The van der Waals surface area contributed by atoms with E-state index in [1.54, 1.807) is 24.3 Å². The smallest absolute Gasteiger partial charge is 0.341 e. The molecule has 1 aromatic rings. The lowest BCUT2D eigenvalue weighted by molar-refractivity contribution is -0.139. The molecule has 0 spiro atoms. The van der Waals surface area contributed by atoms with Gasteiger partial charge in [0.15, 0.2) is 6.61 Å². The van der Waals surface area contributed by atoms with Crippen molar-refractivity contribution < 1.29 is 23.1 Å². The molecule has 0 radical (unpaired) electrons. The largest absolute Gasteiger partial charge is 0.480 e. The van der Waals surface area contributed by atoms with E-state index in [0.717, 1.165) is 6.42 Å². The number of hydrogen-bond acceptors (Lipinski definition) is 4. The van der Waals surface area contributed by atoms with Gasteiger partial charge in [-0.1, -0.05) is 12.1 Å². The second-order valence-corrected chi connectivity index (χ2v) is 6.26. The van der Waals surface area contributed by atoms with Crippen LogP contribution in [0.5, 0.6) is 5.75 Å². The predicted octanol–water partition coefficient (Wildman–Crippen LogP) is 1.08. The van der Waals surface area contributed by atoms with Crippen molar-refractivity contribution in [3.63, 3.8) is 0 Å². The van der Waals surface area contributed by atoms with Crippen molar-refractivity contribution in [2.24, 2.45) is 0 Å². The first-order chi connectivity index (χ1) is 9.00. The Hall–Kier alpha value is -1.76. The summed E-state index contributed by atoms with van der Waals surface area (Å²) in [7, 11) is -3.33. The van der Waals surface area contributed by atoms with Gasteiger partial charge in [0, 0.05) is 6.54 Å². The first-order valence-corrected chi connectivity index (χ1v) is 7.56. The van der Waals surface area contributed by atoms with Crippen molar-refractivity contribution in [2.45, 2.75) is 12.8 Å². The van der Waals surface area contributed by atoms with E-state index in [-0.39, 0.29) is 11.5 Å². The Morgan fingerprint density at radius 3 is 2.74 bits per heavy atom. The molecular formula is C12H15NO5S. The summed E-state index contributed by atoms with van der Waals surface area (Å²) in [6, 6.07) is 6.58. The Balaban J connectivity index is 2.30. The summed E-state index contributed by atoms with van der Waals surface area (Å²) in [4.78, 5) is 10.5. The van der Waals surface area contributed by atoms with Gasteiger partial charge in [-0.2, -0.15) is 0 Å². The molecule has 1 aliphatic rings. The Morgan fingerprint density at radius 2 is 2.05 bits per heavy atom. The van der Waals surface area contributed by atoms with Crippen LogP contribution in [0.15, 0.2) is 24.3 Å². The van der Waals surface area contributed by atoms with Crippen molar-refractivity contribution in [1.82, 2.24) is 0 Å². The molecule has 0 saturated carbocycles. The summed E-state index contributed by atoms with van der Waals surface area (Å²) in [6.07, 6.45) is 1.43. The highest BCUT2D eigenvalue weighted by molar-refractivity contribution is 7.92. The second kappa shape index (κ2) is 5.48. The number of rotatable bonds is 4. The monoisotopic (exact) mass is 285 g/mol. The quantitative estimate of drug-likeness (QED) is 0.895. The minimum absolute atomic E-state index is 0.111. The first kappa shape index (κ1) is 13.7. The van der Waals surface area contributed by atoms with Crippen LogP contribution in [0.1, 0.15) is 12.8 Å². The van der Waals surface area contributed by atoms with E-state index in [1.165, 1.54) is 4.31 Å². The summed E-state index contributed by atoms with van der Waals surface area (Å²) in [5, 5.41) is 8.62. The lowest BCUT2D eigenvalue weighted by atomic mass is 10.2. The summed E-state index contributed by atoms with van der Waals surface area (Å²) in [6.45, 7) is -0.0965. The zero-order valence-electron chi connectivity index (χ0n) is 10.3. The fraction of sp³-hybridized carbons (Fsp3) is 0.417. The van der Waals surface area contributed by atoms with E-state index in [9.17, 15) is 13.2 Å². The zero-order valence-corrected chi connectivity index (χ0v) is 11.1. The SMILES string of the molecule is O=C(O)COc1ccccc1N1CCCCS1(=O)=O. The maximum atomic E-state index is 12.0. The fourth-order valence-electron chi connectivity index (χ4n) is 1.98. The van der Waals surface area contributed by atoms with Crippen molar-refractivity contribution in [3.8, 4) is 5.75 Å². The molecule has 1 aromatic carbocycles. The maximum Gasteiger partial charge on any atom is 0.341 e. The first-order valence-electron chi connectivity index (χ1n) is 5.95. The Labute approximate surface area is 111 Å². The number of carboxylic acid groups (broad SMARTS) is 1. The molecule has 7 heteroatoms. The van der Waals surface area contributed by atoms with Crippen LogP contribution in [0.4, 0.5) is 5.69 Å². The standard InChI is InChI=1S/C12H15NO5S/c14-12(15)9-18-11-6-2-1-5-10(11)13-7-3-4-8-19(13,16)17/h1-2,5-6H,3-4,7-9H2,(H,14,15). The summed E-state index contributed by atoms with van der Waals surface area (Å²) >= 11 is 0. The molecule has 6 nitrogen and oxygen atoms in total. The third-order valence-electron chi connectivity index (χ3n) is 2.83. The van der Waals surface area contributed by atoms with Crippen LogP contribution in [0, 0.1) is 0 Å². The van der Waals surface area contributed by atoms with Crippen LogP contribution < -0.4 is 9.04 Å². The average molecular weight is 285 g/mol. The van der Waals surface area contributed by atoms with Crippen LogP contribution in [-0.2, 0) is 14.8 Å². The molecule has 0 atom stereocenters. The Morgan fingerprint density at radius 1 is 1.32 bits per heavy atom. The van der Waals surface area contributed by atoms with Gasteiger partial charge in [0.05, 0.1) is 11.4 Å². The van der Waals surface area contributed by atoms with Crippen LogP contribution >= 0.6 is 0 Å². The number of carbonyl (C=O) groups is 1. The molecule has 1 saturated heterocycles. The molecule has 0 aromatic heterocycles. The van der Waals surface area contributed by atoms with E-state index in [1.807, 2.05) is 0 Å². The van der Waals surface area contributed by atoms with Crippen molar-refractivity contribution in [1.29, 1.82) is 0 Å². The van der Waals surface area contributed by atoms with Gasteiger partial charge in [-0.25, -0.2) is 13.2 Å². The average Bonchev–Trinajstić information content (AvgIpc) is 2.36. The lowest BCUT2D eigenvalue weighted by Gasteiger charge is -2.29. The molecule has 1 fully saturated rings. The van der Waals surface area contributed by atoms with Gasteiger partial charge in [0.25, 0.3) is 0 Å². The van der Waals surface area contributed by atoms with Crippen LogP contribution in [0.25, 0.3) is 0 Å². The molecule has 1 heterocycles. The van der Waals surface area contributed by atoms with Crippen LogP contribution in [-0.4, -0.2) is 38.4 Å². The normalized spacial score (nSPS) is 18.0. The van der Waals surface area contributed by atoms with Crippen molar-refractivity contribution in [3.05, 3.63) is 24.3 Å². The molecule has 2 rings (SSSR count). The molecule has 1 N–H and O–H groups in total. The minimum Gasteiger partial charge on any atom is -0.480 e. The predicted molar refractivity (Wildman–Crippen MR) is 69.9 cm³/mol. The van der Waals surface area contributed by atoms with Crippen LogP contribution in [0.2, 0.25) is 0 Å². The van der Waals surface area contributed by atoms with E-state index < -0.39 is 22.6 Å². The fourth-order valence-corrected chi connectivity index (χ4v) is 3.63. The molecule has 19 heavy (non-hydrogen) atoms. The molecule has 0 amide bonds. The number of anilines is 1. The highest BCUT2D eigenvalue weighted by atomic mass is 32.2. The number of ether oxygens (including phenoxy) is 1. The van der Waals surface area contributed by atoms with Gasteiger partial charge < -0.3 is 9.84 Å². The van der Waals surface area contributed by atoms with Crippen LogP contribution in [0.3, 0.4) is 0 Å². The number of benzene rings is 1. The van der Waals surface area contributed by atoms with Crippen molar-refractivity contribution >= 4 is 21.7 Å². The Kier molecular flexibility index (Phi) is 3.94. The number of carboxylic acids is 1. The molecule has 0 unspecified atom stereocenters. The van der Waals surface area contributed by atoms with Gasteiger partial charge in [-0.05, 0) is 25.0 Å². The van der Waals surface area contributed by atoms with Gasteiger partial charge >= 0.3 is 5.97 Å². The van der Waals surface area contributed by atoms with Gasteiger partial charge in [-0.15, -0.1) is 0 Å². The Bertz CT molecular complexity index is 569. The molecule has 104 valence electrons. The summed E-state index contributed by atoms with van der Waals surface area (Å²) in [5.41, 5.74) is 0.406. The van der Waals surface area contributed by atoms with E-state index >= 15 is 0 Å². The third kappa shape index (κ3) is 3.17. The maximum absolute atomic E-state index is 12.0. The highest BCUT2D eigenvalue weighted by Gasteiger charge is 2.28. The topological polar surface area (TPSA) is 83.9 Å². The minimum atomic E-state index is -3.33. The molecule has 1 aliphatic heterocycles. The van der Waals surface area contributed by atoms with Gasteiger partial charge in [0.1, 0.15) is 5.75 Å². The van der Waals surface area contributed by atoms with Crippen molar-refractivity contribution in [2.75, 3.05) is 23.2 Å². The zero-order chi connectivity index (χ0) is 13.9. The molecule has 0 bridgehead atoms. The molecular weight excluding hydrogens is 270 g/mol. The number of aliphatic carboxylic acids is 1. The number of nitrogens with zero attached hydrogens (tertiary/aromatic N) is 1. The van der Waals surface area contributed by atoms with E-state index in [0.29, 0.717) is 18.7 Å². The number of sulfonamides is 1. The molecule has 0 aliphatic carbocycles. The van der Waals surface area contributed by atoms with Gasteiger partial charge in [0.2, 0.25) is 10.0 Å². The van der Waals surface area contributed by atoms with E-state index in [4.69, 9.17) is 9.84 Å². The lowest BCUT2D eigenvalue weighted by Crippen LogP contribution is -2.38. The third-order valence-corrected chi connectivity index (χ3v) is 4.69. The van der Waals surface area contributed by atoms with Gasteiger partial charge in [-0.3, -0.25) is 4.31 Å². The summed E-state index contributed by atoms with van der Waals surface area (Å²) in [5.74, 6) is -0.716. The number of para-hydroxylation sites is 2. The highest BCUT2D eigenvalue weighted by Crippen LogP contribution is 2.32. The van der Waals surface area contributed by atoms with E-state index in [2.05, 4.69) is 0 Å². The summed E-state index contributed by atoms with van der Waals surface area (Å²) < 4.78 is 30.5. The second-order valence-electron chi connectivity index (χ2n) is 4.25. The number of hydrogen-bond donors (Lipinski definition) is 1.